The summed E-state index contributed by atoms with van der Waals surface area (Å²) in [4.78, 5) is 60.9. The summed E-state index contributed by atoms with van der Waals surface area (Å²) in [5.74, 6) is 0. The summed E-state index contributed by atoms with van der Waals surface area (Å²) in [5.41, 5.74) is -10.3. The predicted molar refractivity (Wildman–Crippen MR) is 180 cm³/mol. The molecule has 298 valence electrons. The lowest BCUT2D eigenvalue weighted by Gasteiger charge is -2.40. The van der Waals surface area contributed by atoms with Crippen LogP contribution in [0.15, 0.2) is 0 Å². The molecule has 0 rings (SSSR count). The van der Waals surface area contributed by atoms with Gasteiger partial charge in [-0.1, -0.05) is 34.6 Å². The van der Waals surface area contributed by atoms with Gasteiger partial charge in [0.15, 0.2) is 0 Å². The lowest BCUT2D eigenvalue weighted by atomic mass is 9.93. The highest BCUT2D eigenvalue weighted by molar-refractivity contribution is 4.91. The molecule has 0 aromatic heterocycles. The maximum absolute atomic E-state index is 12.5. The Morgan fingerprint density at radius 1 is 0.412 bits per heavy atom. The molecule has 0 aliphatic rings. The molecule has 5 N–H and O–H groups in total. The van der Waals surface area contributed by atoms with Gasteiger partial charge in [0.05, 0.1) is 26.2 Å². The van der Waals surface area contributed by atoms with Gasteiger partial charge in [0.25, 0.3) is 27.8 Å². The van der Waals surface area contributed by atoms with Gasteiger partial charge in [-0.15, -0.1) is 0 Å². The Balaban J connectivity index is 7.20. The lowest BCUT2D eigenvalue weighted by Crippen LogP contribution is -2.63. The van der Waals surface area contributed by atoms with E-state index in [1.807, 2.05) is 0 Å². The molecule has 0 aromatic rings. The second-order valence-corrected chi connectivity index (χ2v) is 13.1. The number of hydrogen-bond donors (Lipinski definition) is 5. The Morgan fingerprint density at radius 3 is 0.804 bits per heavy atom. The van der Waals surface area contributed by atoms with E-state index < -0.39 is 125 Å². The van der Waals surface area contributed by atoms with Crippen molar-refractivity contribution in [3.05, 3.63) is 50.6 Å². The molecule has 0 fully saturated rings. The summed E-state index contributed by atoms with van der Waals surface area (Å²) in [6, 6.07) is 0. The summed E-state index contributed by atoms with van der Waals surface area (Å²) < 4.78 is 0. The van der Waals surface area contributed by atoms with Crippen LogP contribution >= 0.6 is 0 Å². The first-order chi connectivity index (χ1) is 23.8. The van der Waals surface area contributed by atoms with Crippen LogP contribution in [-0.4, -0.2) is 178 Å². The van der Waals surface area contributed by atoms with Crippen molar-refractivity contribution in [2.24, 2.45) is 0 Å². The predicted octanol–water partition coefficient (Wildman–Crippen LogP) is -1.06. The Kier molecular flexibility index (Phi) is 19.3. The second-order valence-electron chi connectivity index (χ2n) is 13.1. The number of aliphatic hydroxyl groups excluding tert-OH is 5. The molecule has 0 bridgehead atoms. The van der Waals surface area contributed by atoms with Gasteiger partial charge in [0.2, 0.25) is 0 Å². The largest absolute Gasteiger partial charge is 0.389 e. The standard InChI is InChI=1S/C28H56N8O15/c1-6-24(19-37,32(42)43)15-29(16-25(7-2,20-38)33(44)45)11-13-31(28(10-5,23-41)36(50)51)14-12-30(17-26(8-3,21-39)34(46)47)18-27(9-4,22-40)35(48)49/h37-41H,6-23H2,1-5H3. The van der Waals surface area contributed by atoms with E-state index in [1.165, 1.54) is 44.4 Å². The first-order valence-corrected chi connectivity index (χ1v) is 16.8. The van der Waals surface area contributed by atoms with Crippen LogP contribution in [0.25, 0.3) is 0 Å². The summed E-state index contributed by atoms with van der Waals surface area (Å²) in [5, 5.41) is 112. The van der Waals surface area contributed by atoms with E-state index in [0.29, 0.717) is 0 Å². The average Bonchev–Trinajstić information content (AvgIpc) is 3.10. The fourth-order valence-corrected chi connectivity index (χ4v) is 5.96. The molecule has 23 nitrogen and oxygen atoms in total. The topological polar surface area (TPSA) is 327 Å². The summed E-state index contributed by atoms with van der Waals surface area (Å²) in [6.45, 7) is -1.68. The highest BCUT2D eigenvalue weighted by Gasteiger charge is 2.51. The third-order valence-electron chi connectivity index (χ3n) is 10.6. The third kappa shape index (κ3) is 10.8. The molecule has 0 radical (unpaired) electrons. The number of rotatable bonds is 30. The molecule has 0 aliphatic heterocycles. The highest BCUT2D eigenvalue weighted by atomic mass is 16.7. The van der Waals surface area contributed by atoms with Gasteiger partial charge < -0.3 is 25.5 Å². The zero-order valence-electron chi connectivity index (χ0n) is 30.1. The van der Waals surface area contributed by atoms with Crippen LogP contribution in [0.1, 0.15) is 66.7 Å². The molecule has 5 unspecified atom stereocenters. The molecule has 23 heteroatoms. The fourth-order valence-electron chi connectivity index (χ4n) is 5.96. The van der Waals surface area contributed by atoms with Crippen LogP contribution in [0.4, 0.5) is 0 Å². The van der Waals surface area contributed by atoms with E-state index in [4.69, 9.17) is 0 Å². The minimum Gasteiger partial charge on any atom is -0.389 e. The van der Waals surface area contributed by atoms with Gasteiger partial charge in [0.1, 0.15) is 33.0 Å². The molecular formula is C28H56N8O15. The molecule has 0 amide bonds. The molecular weight excluding hydrogens is 688 g/mol. The first kappa shape index (κ1) is 47.7. The van der Waals surface area contributed by atoms with Crippen molar-refractivity contribution < 1.29 is 50.1 Å². The number of nitrogens with zero attached hydrogens (tertiary/aromatic N) is 8. The summed E-state index contributed by atoms with van der Waals surface area (Å²) in [7, 11) is 0. The number of nitro groups is 5. The van der Waals surface area contributed by atoms with E-state index in [9.17, 15) is 76.1 Å². The molecule has 0 aliphatic carbocycles. The van der Waals surface area contributed by atoms with Crippen LogP contribution in [0, 0.1) is 50.6 Å². The van der Waals surface area contributed by atoms with Crippen LogP contribution in [0.2, 0.25) is 0 Å². The molecule has 0 heterocycles. The Morgan fingerprint density at radius 2 is 0.667 bits per heavy atom. The van der Waals surface area contributed by atoms with Crippen molar-refractivity contribution in [1.82, 2.24) is 14.7 Å². The van der Waals surface area contributed by atoms with E-state index in [-0.39, 0.29) is 45.2 Å². The van der Waals surface area contributed by atoms with E-state index >= 15 is 0 Å². The maximum Gasteiger partial charge on any atom is 0.300 e. The van der Waals surface area contributed by atoms with Crippen LogP contribution < -0.4 is 0 Å². The molecule has 5 atom stereocenters. The van der Waals surface area contributed by atoms with E-state index in [0.717, 1.165) is 4.90 Å². The quantitative estimate of drug-likeness (QED) is 0.0332. The van der Waals surface area contributed by atoms with E-state index in [1.54, 1.807) is 0 Å². The average molecular weight is 745 g/mol. The lowest BCUT2D eigenvalue weighted by molar-refractivity contribution is -0.606. The molecule has 0 saturated carbocycles. The van der Waals surface area contributed by atoms with Crippen LogP contribution in [0.3, 0.4) is 0 Å². The zero-order chi connectivity index (χ0) is 39.8. The fraction of sp³-hybridized carbons (Fsp3) is 1.00. The van der Waals surface area contributed by atoms with Crippen molar-refractivity contribution in [1.29, 1.82) is 0 Å². The molecule has 0 spiro atoms. The smallest absolute Gasteiger partial charge is 0.300 e. The zero-order valence-corrected chi connectivity index (χ0v) is 30.1. The third-order valence-corrected chi connectivity index (χ3v) is 10.6. The SMILES string of the molecule is CCC(CO)(CN(CCN(CCN(CC(CC)(CO)[N+](=O)[O-])CC(CC)(CO)[N+](=O)[O-])C(CC)(CO)[N+](=O)[O-])CC(CC)(CO)[N+](=O)[O-])[N+](=O)[O-]. The minimum absolute atomic E-state index is 0.214. The van der Waals surface area contributed by atoms with Gasteiger partial charge in [-0.3, -0.25) is 60.4 Å². The first-order valence-electron chi connectivity index (χ1n) is 16.8. The van der Waals surface area contributed by atoms with Gasteiger partial charge in [-0.05, 0) is 0 Å². The van der Waals surface area contributed by atoms with Crippen molar-refractivity contribution >= 4 is 0 Å². The van der Waals surface area contributed by atoms with Gasteiger partial charge in [0, 0.05) is 82.9 Å². The second kappa shape index (κ2) is 20.7. The minimum atomic E-state index is -2.23. The number of hydrogen-bond acceptors (Lipinski definition) is 18. The van der Waals surface area contributed by atoms with Crippen LogP contribution in [-0.2, 0) is 0 Å². The monoisotopic (exact) mass is 744 g/mol. The van der Waals surface area contributed by atoms with Gasteiger partial charge in [-0.25, -0.2) is 4.90 Å². The van der Waals surface area contributed by atoms with Gasteiger partial charge in [-0.2, -0.15) is 0 Å². The normalized spacial score (nSPS) is 18.0. The Labute approximate surface area is 295 Å². The summed E-state index contributed by atoms with van der Waals surface area (Å²) in [6.07, 6.45) is -1.18. The van der Waals surface area contributed by atoms with Crippen molar-refractivity contribution in [3.8, 4) is 0 Å². The molecule has 0 saturated heterocycles. The Hall–Kier alpha value is -3.32. The molecule has 0 aromatic carbocycles. The van der Waals surface area contributed by atoms with E-state index in [2.05, 4.69) is 0 Å². The van der Waals surface area contributed by atoms with Gasteiger partial charge >= 0.3 is 0 Å². The maximum atomic E-state index is 12.5. The van der Waals surface area contributed by atoms with Crippen molar-refractivity contribution in [2.75, 3.05) is 85.4 Å². The Bertz CT molecular complexity index is 1010. The van der Waals surface area contributed by atoms with Crippen molar-refractivity contribution in [2.45, 2.75) is 94.5 Å². The van der Waals surface area contributed by atoms with Crippen molar-refractivity contribution in [3.63, 3.8) is 0 Å². The molecule has 51 heavy (non-hydrogen) atoms. The highest BCUT2D eigenvalue weighted by Crippen LogP contribution is 2.26. The number of aliphatic hydroxyl groups is 5. The summed E-state index contributed by atoms with van der Waals surface area (Å²) >= 11 is 0. The van der Waals surface area contributed by atoms with Crippen LogP contribution in [0.5, 0.6) is 0 Å².